The second-order valence-electron chi connectivity index (χ2n) is 9.46. The second kappa shape index (κ2) is 10.2. The number of aryl methyl sites for hydroxylation is 2. The largest absolute Gasteiger partial charge is 0.369 e. The van der Waals surface area contributed by atoms with Crippen molar-refractivity contribution < 1.29 is 14.4 Å². The number of halogens is 1. The Morgan fingerprint density at radius 1 is 0.941 bits per heavy atom. The van der Waals surface area contributed by atoms with Crippen LogP contribution in [0.15, 0.2) is 24.3 Å². The minimum Gasteiger partial charge on any atom is -0.369 e. The van der Waals surface area contributed by atoms with Crippen LogP contribution in [0.3, 0.4) is 0 Å². The first-order valence-electron chi connectivity index (χ1n) is 11.9. The molecule has 4 rings (SSSR count). The van der Waals surface area contributed by atoms with Gasteiger partial charge in [0.2, 0.25) is 11.8 Å². The van der Waals surface area contributed by atoms with Crippen LogP contribution in [0.2, 0.25) is 5.15 Å². The van der Waals surface area contributed by atoms with Crippen LogP contribution in [0.4, 0.5) is 0 Å². The van der Waals surface area contributed by atoms with Gasteiger partial charge < -0.3 is 15.5 Å². The Balaban J connectivity index is 1.35. The van der Waals surface area contributed by atoms with Crippen LogP contribution in [0.1, 0.15) is 52.9 Å². The number of carbonyl (C=O) groups excluding carboxylic acids is 3. The molecule has 0 bridgehead atoms. The van der Waals surface area contributed by atoms with Crippen molar-refractivity contribution in [1.29, 1.82) is 0 Å². The number of piperidine rings is 2. The number of benzene rings is 1. The zero-order chi connectivity index (χ0) is 24.4. The van der Waals surface area contributed by atoms with Gasteiger partial charge in [-0.1, -0.05) is 41.4 Å². The lowest BCUT2D eigenvalue weighted by Crippen LogP contribution is -2.47. The van der Waals surface area contributed by atoms with Gasteiger partial charge in [0.25, 0.3) is 5.91 Å². The fourth-order valence-corrected chi connectivity index (χ4v) is 5.21. The fourth-order valence-electron chi connectivity index (χ4n) is 4.90. The van der Waals surface area contributed by atoms with E-state index in [-0.39, 0.29) is 29.6 Å². The van der Waals surface area contributed by atoms with Gasteiger partial charge in [-0.25, -0.2) is 4.68 Å². The average molecular weight is 486 g/mol. The molecule has 9 heteroatoms. The van der Waals surface area contributed by atoms with Gasteiger partial charge in [-0.05, 0) is 45.1 Å². The summed E-state index contributed by atoms with van der Waals surface area (Å²) in [5, 5.41) is 4.86. The summed E-state index contributed by atoms with van der Waals surface area (Å²) in [6.45, 7) is 6.49. The number of rotatable bonds is 5. The van der Waals surface area contributed by atoms with Crippen LogP contribution < -0.4 is 5.73 Å². The van der Waals surface area contributed by atoms with E-state index in [9.17, 15) is 14.4 Å². The Hall–Kier alpha value is -2.87. The van der Waals surface area contributed by atoms with Crippen molar-refractivity contribution in [2.75, 3.05) is 26.2 Å². The van der Waals surface area contributed by atoms with Crippen molar-refractivity contribution in [1.82, 2.24) is 19.6 Å². The number of primary amides is 1. The van der Waals surface area contributed by atoms with Crippen molar-refractivity contribution in [2.45, 2.75) is 46.1 Å². The SMILES string of the molecule is Cc1ccc(Cn2nc(C)c(C(=O)N3CCC(C(=O)N4CCC(C(N)=O)CC4)CC3)c2Cl)cc1. The van der Waals surface area contributed by atoms with Gasteiger partial charge >= 0.3 is 0 Å². The highest BCUT2D eigenvalue weighted by Gasteiger charge is 2.34. The van der Waals surface area contributed by atoms with Gasteiger partial charge in [0.15, 0.2) is 0 Å². The molecule has 0 spiro atoms. The molecule has 2 fully saturated rings. The van der Waals surface area contributed by atoms with Gasteiger partial charge in [-0.2, -0.15) is 5.10 Å². The highest BCUT2D eigenvalue weighted by Crippen LogP contribution is 2.27. The van der Waals surface area contributed by atoms with Crippen LogP contribution in [-0.4, -0.2) is 63.5 Å². The molecular formula is C25H32ClN5O3. The number of carbonyl (C=O) groups is 3. The third kappa shape index (κ3) is 5.12. The highest BCUT2D eigenvalue weighted by atomic mass is 35.5. The van der Waals surface area contributed by atoms with E-state index >= 15 is 0 Å². The molecule has 0 unspecified atom stereocenters. The Labute approximate surface area is 205 Å². The van der Waals surface area contributed by atoms with Gasteiger partial charge in [0.1, 0.15) is 5.15 Å². The molecule has 2 saturated heterocycles. The van der Waals surface area contributed by atoms with Crippen molar-refractivity contribution in [3.05, 3.63) is 51.8 Å². The highest BCUT2D eigenvalue weighted by molar-refractivity contribution is 6.33. The fraction of sp³-hybridized carbons (Fsp3) is 0.520. The van der Waals surface area contributed by atoms with Crippen molar-refractivity contribution in [3.8, 4) is 0 Å². The maximum Gasteiger partial charge on any atom is 0.258 e. The molecule has 0 radical (unpaired) electrons. The molecule has 2 aliphatic rings. The molecule has 3 amide bonds. The van der Waals surface area contributed by atoms with Crippen LogP contribution in [0.5, 0.6) is 0 Å². The maximum absolute atomic E-state index is 13.3. The number of hydrogen-bond donors (Lipinski definition) is 1. The summed E-state index contributed by atoms with van der Waals surface area (Å²) < 4.78 is 1.67. The lowest BCUT2D eigenvalue weighted by molar-refractivity contribution is -0.139. The number of amides is 3. The molecule has 34 heavy (non-hydrogen) atoms. The number of nitrogens with two attached hydrogens (primary N) is 1. The predicted molar refractivity (Wildman–Crippen MR) is 129 cm³/mol. The van der Waals surface area contributed by atoms with E-state index in [0.717, 1.165) is 5.56 Å². The predicted octanol–water partition coefficient (Wildman–Crippen LogP) is 2.78. The van der Waals surface area contributed by atoms with Crippen LogP contribution in [-0.2, 0) is 16.1 Å². The molecule has 182 valence electrons. The van der Waals surface area contributed by atoms with Crippen molar-refractivity contribution in [2.24, 2.45) is 17.6 Å². The van der Waals surface area contributed by atoms with Crippen molar-refractivity contribution >= 4 is 29.3 Å². The zero-order valence-electron chi connectivity index (χ0n) is 19.8. The van der Waals surface area contributed by atoms with E-state index in [0.29, 0.717) is 74.8 Å². The standard InChI is InChI=1S/C25H32ClN5O3/c1-16-3-5-18(6-4-16)15-31-22(26)21(17(2)28-31)25(34)30-13-9-20(10-14-30)24(33)29-11-7-19(8-12-29)23(27)32/h3-6,19-20H,7-15H2,1-2H3,(H2,27,32). The quantitative estimate of drug-likeness (QED) is 0.703. The van der Waals surface area contributed by atoms with Crippen LogP contribution in [0, 0.1) is 25.7 Å². The molecule has 2 aliphatic heterocycles. The first-order valence-corrected chi connectivity index (χ1v) is 12.3. The molecule has 1 aromatic heterocycles. The minimum absolute atomic E-state index is 0.102. The van der Waals surface area contributed by atoms with E-state index in [1.165, 1.54) is 5.56 Å². The van der Waals surface area contributed by atoms with Gasteiger partial charge in [0, 0.05) is 38.0 Å². The first-order chi connectivity index (χ1) is 16.2. The van der Waals surface area contributed by atoms with E-state index in [2.05, 4.69) is 5.10 Å². The van der Waals surface area contributed by atoms with Gasteiger partial charge in [-0.3, -0.25) is 14.4 Å². The van der Waals surface area contributed by atoms with E-state index in [1.54, 1.807) is 16.5 Å². The Morgan fingerprint density at radius 2 is 1.50 bits per heavy atom. The second-order valence-corrected chi connectivity index (χ2v) is 9.82. The lowest BCUT2D eigenvalue weighted by Gasteiger charge is -2.36. The summed E-state index contributed by atoms with van der Waals surface area (Å²) >= 11 is 6.60. The minimum atomic E-state index is -0.282. The summed E-state index contributed by atoms with van der Waals surface area (Å²) in [4.78, 5) is 41.2. The third-order valence-electron chi connectivity index (χ3n) is 7.07. The number of likely N-dealkylation sites (tertiary alicyclic amines) is 2. The summed E-state index contributed by atoms with van der Waals surface area (Å²) in [5.74, 6) is -0.533. The molecule has 2 N–H and O–H groups in total. The monoisotopic (exact) mass is 485 g/mol. The Kier molecular flexibility index (Phi) is 7.26. The topological polar surface area (TPSA) is 102 Å². The lowest BCUT2D eigenvalue weighted by atomic mass is 9.91. The average Bonchev–Trinajstić information content (AvgIpc) is 3.12. The maximum atomic E-state index is 13.3. The zero-order valence-corrected chi connectivity index (χ0v) is 20.6. The third-order valence-corrected chi connectivity index (χ3v) is 7.46. The molecule has 0 saturated carbocycles. The van der Waals surface area contributed by atoms with Crippen molar-refractivity contribution in [3.63, 3.8) is 0 Å². The van der Waals surface area contributed by atoms with Crippen LogP contribution in [0.25, 0.3) is 0 Å². The van der Waals surface area contributed by atoms with Gasteiger partial charge in [-0.15, -0.1) is 0 Å². The number of aromatic nitrogens is 2. The normalized spacial score (nSPS) is 17.7. The summed E-state index contributed by atoms with van der Waals surface area (Å²) in [7, 11) is 0. The Bertz CT molecular complexity index is 1060. The number of hydrogen-bond acceptors (Lipinski definition) is 4. The molecule has 3 heterocycles. The number of nitrogens with zero attached hydrogens (tertiary/aromatic N) is 4. The molecule has 8 nitrogen and oxygen atoms in total. The summed E-state index contributed by atoms with van der Waals surface area (Å²) in [5.41, 5.74) is 8.68. The first kappa shape index (κ1) is 24.3. The molecule has 0 aliphatic carbocycles. The molecular weight excluding hydrogens is 454 g/mol. The smallest absolute Gasteiger partial charge is 0.258 e. The van der Waals surface area contributed by atoms with E-state index < -0.39 is 0 Å². The molecule has 2 aromatic rings. The molecule has 1 aromatic carbocycles. The van der Waals surface area contributed by atoms with Gasteiger partial charge in [0.05, 0.1) is 17.8 Å². The molecule has 0 atom stereocenters. The summed E-state index contributed by atoms with van der Waals surface area (Å²) in [6, 6.07) is 8.14. The van der Waals surface area contributed by atoms with E-state index in [1.807, 2.05) is 36.1 Å². The summed E-state index contributed by atoms with van der Waals surface area (Å²) in [6.07, 6.45) is 2.49. The van der Waals surface area contributed by atoms with Crippen LogP contribution >= 0.6 is 11.6 Å². The van der Waals surface area contributed by atoms with E-state index in [4.69, 9.17) is 17.3 Å². The Morgan fingerprint density at radius 3 is 2.09 bits per heavy atom.